The van der Waals surface area contributed by atoms with Crippen LogP contribution in [-0.2, 0) is 13.0 Å². The molecule has 3 nitrogen and oxygen atoms in total. The summed E-state index contributed by atoms with van der Waals surface area (Å²) < 4.78 is 2.38. The summed E-state index contributed by atoms with van der Waals surface area (Å²) >= 11 is 0. The van der Waals surface area contributed by atoms with Gasteiger partial charge in [-0.15, -0.1) is 0 Å². The lowest BCUT2D eigenvalue weighted by Crippen LogP contribution is -2.10. The zero-order valence-electron chi connectivity index (χ0n) is 8.88. The minimum Gasteiger partial charge on any atom is -0.343 e. The zero-order valence-corrected chi connectivity index (χ0v) is 8.88. The van der Waals surface area contributed by atoms with E-state index in [4.69, 9.17) is 5.84 Å². The van der Waals surface area contributed by atoms with E-state index in [1.165, 1.54) is 35.0 Å². The molecule has 15 heavy (non-hydrogen) atoms. The maximum atomic E-state index is 5.59. The number of hydrogen-bond donors (Lipinski definition) is 2. The smallest absolute Gasteiger partial charge is 0.0772 e. The summed E-state index contributed by atoms with van der Waals surface area (Å²) in [5.74, 6) is 5.59. The second-order valence-corrected chi connectivity index (χ2v) is 4.17. The molecular formula is C12H15N3. The Kier molecular flexibility index (Phi) is 1.76. The van der Waals surface area contributed by atoms with E-state index < -0.39 is 0 Å². The summed E-state index contributed by atoms with van der Waals surface area (Å²) in [6.07, 6.45) is 2.41. The maximum Gasteiger partial charge on any atom is 0.0772 e. The van der Waals surface area contributed by atoms with E-state index >= 15 is 0 Å². The van der Waals surface area contributed by atoms with Crippen LogP contribution >= 0.6 is 0 Å². The van der Waals surface area contributed by atoms with Crippen LogP contribution in [0.2, 0.25) is 0 Å². The molecule has 0 bridgehead atoms. The lowest BCUT2D eigenvalue weighted by Gasteiger charge is -2.16. The maximum absolute atomic E-state index is 5.59. The molecule has 1 aliphatic heterocycles. The van der Waals surface area contributed by atoms with Crippen LogP contribution in [0.1, 0.15) is 17.7 Å². The number of nitrogen functional groups attached to an aromatic ring is 1. The zero-order chi connectivity index (χ0) is 10.4. The molecule has 2 aromatic rings. The summed E-state index contributed by atoms with van der Waals surface area (Å²) in [6.45, 7) is 3.24. The number of rotatable bonds is 1. The molecule has 0 amide bonds. The predicted octanol–water partition coefficient (Wildman–Crippen LogP) is 2.18. The average molecular weight is 201 g/mol. The second-order valence-electron chi connectivity index (χ2n) is 4.17. The monoisotopic (exact) mass is 201 g/mol. The second kappa shape index (κ2) is 3.00. The third-order valence-electron chi connectivity index (χ3n) is 3.40. The largest absolute Gasteiger partial charge is 0.343 e. The molecule has 0 aliphatic carbocycles. The number of nitrogens with one attached hydrogen (secondary N) is 1. The molecule has 1 aliphatic rings. The number of aromatic nitrogens is 1. The Morgan fingerprint density at radius 1 is 1.40 bits per heavy atom. The predicted molar refractivity (Wildman–Crippen MR) is 62.8 cm³/mol. The molecule has 0 radical (unpaired) electrons. The Morgan fingerprint density at radius 3 is 3.07 bits per heavy atom. The number of nitrogens with zero attached hydrogens (tertiary/aromatic N) is 1. The van der Waals surface area contributed by atoms with Gasteiger partial charge < -0.3 is 9.99 Å². The highest BCUT2D eigenvalue weighted by Gasteiger charge is 2.18. The van der Waals surface area contributed by atoms with Crippen LogP contribution in [0.15, 0.2) is 18.2 Å². The van der Waals surface area contributed by atoms with Gasteiger partial charge >= 0.3 is 0 Å². The van der Waals surface area contributed by atoms with E-state index in [0.29, 0.717) is 0 Å². The Morgan fingerprint density at radius 2 is 2.27 bits per heavy atom. The topological polar surface area (TPSA) is 43.0 Å². The first-order chi connectivity index (χ1) is 7.33. The molecule has 3 rings (SSSR count). The van der Waals surface area contributed by atoms with Crippen molar-refractivity contribution >= 4 is 16.6 Å². The highest BCUT2D eigenvalue weighted by molar-refractivity contribution is 5.97. The third-order valence-corrected chi connectivity index (χ3v) is 3.40. The van der Waals surface area contributed by atoms with Crippen molar-refractivity contribution < 1.29 is 0 Å². The first-order valence-electron chi connectivity index (χ1n) is 5.40. The highest BCUT2D eigenvalue weighted by Crippen LogP contribution is 2.35. The fourth-order valence-corrected chi connectivity index (χ4v) is 2.70. The van der Waals surface area contributed by atoms with Gasteiger partial charge in [-0.2, -0.15) is 0 Å². The fraction of sp³-hybridized carbons (Fsp3) is 0.333. The summed E-state index contributed by atoms with van der Waals surface area (Å²) in [5.41, 5.74) is 7.97. The first kappa shape index (κ1) is 8.80. The molecule has 0 saturated carbocycles. The van der Waals surface area contributed by atoms with E-state index in [0.717, 1.165) is 12.2 Å². The van der Waals surface area contributed by atoms with Crippen molar-refractivity contribution in [2.24, 2.45) is 5.84 Å². The fourth-order valence-electron chi connectivity index (χ4n) is 2.70. The number of anilines is 1. The lowest BCUT2D eigenvalue weighted by molar-refractivity contribution is 0.623. The third kappa shape index (κ3) is 1.04. The van der Waals surface area contributed by atoms with E-state index in [2.05, 4.69) is 35.1 Å². The van der Waals surface area contributed by atoms with Crippen molar-refractivity contribution in [3.63, 3.8) is 0 Å². The van der Waals surface area contributed by atoms with Gasteiger partial charge in [-0.05, 0) is 25.3 Å². The van der Waals surface area contributed by atoms with Crippen LogP contribution in [0.3, 0.4) is 0 Å². The molecule has 3 heteroatoms. The molecule has 1 aromatic heterocycles. The Balaban J connectivity index is 2.48. The van der Waals surface area contributed by atoms with Crippen molar-refractivity contribution in [3.05, 3.63) is 29.5 Å². The molecule has 0 unspecified atom stereocenters. The van der Waals surface area contributed by atoms with Crippen molar-refractivity contribution in [2.45, 2.75) is 26.3 Å². The van der Waals surface area contributed by atoms with Gasteiger partial charge in [0.2, 0.25) is 0 Å². The summed E-state index contributed by atoms with van der Waals surface area (Å²) in [4.78, 5) is 0. The number of aryl methyl sites for hydroxylation is 2. The van der Waals surface area contributed by atoms with Crippen LogP contribution in [0.5, 0.6) is 0 Å². The molecule has 78 valence electrons. The van der Waals surface area contributed by atoms with Gasteiger partial charge in [-0.3, -0.25) is 5.84 Å². The highest BCUT2D eigenvalue weighted by atomic mass is 15.2. The Labute approximate surface area is 88.8 Å². The van der Waals surface area contributed by atoms with E-state index in [1.807, 2.05) is 0 Å². The van der Waals surface area contributed by atoms with Gasteiger partial charge in [0.25, 0.3) is 0 Å². The van der Waals surface area contributed by atoms with Crippen LogP contribution < -0.4 is 11.3 Å². The summed E-state index contributed by atoms with van der Waals surface area (Å²) in [6, 6.07) is 6.48. The van der Waals surface area contributed by atoms with Crippen molar-refractivity contribution in [1.82, 2.24) is 4.57 Å². The average Bonchev–Trinajstić information content (AvgIpc) is 2.55. The quantitative estimate of drug-likeness (QED) is 0.548. The molecule has 0 spiro atoms. The van der Waals surface area contributed by atoms with Gasteiger partial charge in [0.1, 0.15) is 0 Å². The molecule has 0 fully saturated rings. The van der Waals surface area contributed by atoms with Crippen molar-refractivity contribution in [2.75, 3.05) is 5.43 Å². The number of benzene rings is 1. The number of hydrogen-bond acceptors (Lipinski definition) is 2. The van der Waals surface area contributed by atoms with E-state index in [9.17, 15) is 0 Å². The minimum absolute atomic E-state index is 1.08. The van der Waals surface area contributed by atoms with E-state index in [-0.39, 0.29) is 0 Å². The van der Waals surface area contributed by atoms with Crippen LogP contribution in [-0.4, -0.2) is 4.57 Å². The van der Waals surface area contributed by atoms with Gasteiger partial charge in [-0.1, -0.05) is 18.2 Å². The molecule has 1 aromatic carbocycles. The number of para-hydroxylation sites is 1. The van der Waals surface area contributed by atoms with Gasteiger partial charge in [0.05, 0.1) is 11.2 Å². The lowest BCUT2D eigenvalue weighted by atomic mass is 10.0. The van der Waals surface area contributed by atoms with Crippen LogP contribution in [0.4, 0.5) is 5.69 Å². The summed E-state index contributed by atoms with van der Waals surface area (Å²) in [7, 11) is 0. The number of hydrazine groups is 1. The van der Waals surface area contributed by atoms with Crippen molar-refractivity contribution in [1.29, 1.82) is 0 Å². The Bertz CT molecular complexity index is 525. The van der Waals surface area contributed by atoms with Crippen LogP contribution in [0.25, 0.3) is 10.9 Å². The molecule has 2 heterocycles. The summed E-state index contributed by atoms with van der Waals surface area (Å²) in [5, 5.41) is 1.26. The molecule has 0 atom stereocenters. The van der Waals surface area contributed by atoms with Gasteiger partial charge in [0, 0.05) is 17.6 Å². The van der Waals surface area contributed by atoms with Crippen molar-refractivity contribution in [3.8, 4) is 0 Å². The minimum atomic E-state index is 1.08. The normalized spacial score (nSPS) is 14.5. The van der Waals surface area contributed by atoms with Crippen LogP contribution in [0, 0.1) is 6.92 Å². The SMILES string of the molecule is Cc1c(NN)c2cccc3c2n1CCC3. The van der Waals surface area contributed by atoms with E-state index in [1.54, 1.807) is 0 Å². The molecular weight excluding hydrogens is 186 g/mol. The molecule has 3 N–H and O–H groups in total. The first-order valence-corrected chi connectivity index (χ1v) is 5.40. The number of nitrogens with two attached hydrogens (primary N) is 1. The standard InChI is InChI=1S/C12H15N3/c1-8-11(14-13)10-6-2-4-9-5-3-7-15(8)12(9)10/h2,4,6,14H,3,5,7,13H2,1H3. The molecule has 0 saturated heterocycles. The Hall–Kier alpha value is -1.48. The van der Waals surface area contributed by atoms with Gasteiger partial charge in [-0.25, -0.2) is 0 Å². The van der Waals surface area contributed by atoms with Gasteiger partial charge in [0.15, 0.2) is 0 Å².